The van der Waals surface area contributed by atoms with Gasteiger partial charge in [-0.2, -0.15) is 0 Å². The molecule has 0 aliphatic carbocycles. The zero-order valence-corrected chi connectivity index (χ0v) is 28.1. The summed E-state index contributed by atoms with van der Waals surface area (Å²) in [5.74, 6) is -1.26. The van der Waals surface area contributed by atoms with Crippen LogP contribution < -0.4 is 10.1 Å². The van der Waals surface area contributed by atoms with Gasteiger partial charge in [0.15, 0.2) is 5.76 Å². The molecule has 5 rings (SSSR count). The molecule has 2 aliphatic rings. The summed E-state index contributed by atoms with van der Waals surface area (Å²) in [4.78, 5) is 22.4. The van der Waals surface area contributed by atoms with Gasteiger partial charge in [0.05, 0.1) is 28.8 Å². The first-order valence-corrected chi connectivity index (χ1v) is 17.0. The van der Waals surface area contributed by atoms with Gasteiger partial charge in [-0.15, -0.1) is 11.3 Å². The van der Waals surface area contributed by atoms with Gasteiger partial charge < -0.3 is 39.7 Å². The summed E-state index contributed by atoms with van der Waals surface area (Å²) in [6.45, 7) is 9.23. The molecular formula is C33H45F2N5O6S. The van der Waals surface area contributed by atoms with Gasteiger partial charge in [0, 0.05) is 62.0 Å². The minimum atomic E-state index is -1.52. The van der Waals surface area contributed by atoms with Crippen LogP contribution in [0.4, 0.5) is 8.78 Å². The van der Waals surface area contributed by atoms with Crippen molar-refractivity contribution in [3.05, 3.63) is 46.5 Å². The molecule has 2 saturated heterocycles. The number of β-amino-alcohol motifs (C(OH)–C–C–N with tert-alkyl or cyclic N) is 2. The number of aromatic nitrogens is 2. The Morgan fingerprint density at radius 1 is 1.26 bits per heavy atom. The van der Waals surface area contributed by atoms with E-state index in [2.05, 4.69) is 15.5 Å². The lowest BCUT2D eigenvalue weighted by molar-refractivity contribution is -0.135. The molecule has 47 heavy (non-hydrogen) atoms. The monoisotopic (exact) mass is 677 g/mol. The number of benzene rings is 1. The molecular weight excluding hydrogens is 632 g/mol. The molecule has 2 fully saturated rings. The number of amides is 1. The van der Waals surface area contributed by atoms with Crippen LogP contribution in [0.3, 0.4) is 0 Å². The third-order valence-electron chi connectivity index (χ3n) is 9.30. The predicted molar refractivity (Wildman–Crippen MR) is 173 cm³/mol. The number of carbonyl (C=O) groups excluding carboxylic acids is 1. The zero-order chi connectivity index (χ0) is 33.9. The number of hydrogen-bond donors (Lipinski definition) is 4. The van der Waals surface area contributed by atoms with Crippen LogP contribution in [0.15, 0.2) is 28.2 Å². The van der Waals surface area contributed by atoms with Crippen molar-refractivity contribution in [3.8, 4) is 22.1 Å². The predicted octanol–water partition coefficient (Wildman–Crippen LogP) is 4.18. The number of nitrogens with one attached hydrogen (secondary N) is 1. The Kier molecular flexibility index (Phi) is 11.2. The first-order chi connectivity index (χ1) is 22.4. The van der Waals surface area contributed by atoms with E-state index in [1.54, 1.807) is 24.3 Å². The number of aliphatic hydroxyl groups is 2. The molecule has 1 unspecified atom stereocenters. The van der Waals surface area contributed by atoms with E-state index in [1.165, 1.54) is 29.5 Å². The zero-order valence-electron chi connectivity index (χ0n) is 27.3. The Labute approximate surface area is 277 Å². The molecule has 1 aromatic carbocycles. The number of hydrogen-bond acceptors (Lipinski definition) is 11. The number of halogens is 2. The Bertz CT molecular complexity index is 1510. The molecule has 2 aromatic heterocycles. The van der Waals surface area contributed by atoms with Gasteiger partial charge >= 0.3 is 0 Å². The third-order valence-corrected chi connectivity index (χ3v) is 10.3. The molecule has 11 nitrogen and oxygen atoms in total. The highest BCUT2D eigenvalue weighted by molar-refractivity contribution is 7.13. The van der Waals surface area contributed by atoms with Gasteiger partial charge in [0.1, 0.15) is 29.8 Å². The number of aromatic hydroxyl groups is 1. The van der Waals surface area contributed by atoms with Crippen molar-refractivity contribution in [2.45, 2.75) is 76.7 Å². The number of nitrogens with zero attached hydrogens (tertiary/aromatic N) is 4. The lowest BCUT2D eigenvalue weighted by atomic mass is 9.91. The summed E-state index contributed by atoms with van der Waals surface area (Å²) in [6, 6.07) is 3.44. The van der Waals surface area contributed by atoms with Crippen LogP contribution in [0.25, 0.3) is 10.4 Å². The fraction of sp³-hybridized carbons (Fsp3) is 0.606. The number of rotatable bonds is 13. The van der Waals surface area contributed by atoms with E-state index >= 15 is 8.78 Å². The van der Waals surface area contributed by atoms with Crippen LogP contribution in [-0.4, -0.2) is 105 Å². The van der Waals surface area contributed by atoms with E-state index in [1.807, 2.05) is 18.7 Å². The fourth-order valence-corrected chi connectivity index (χ4v) is 7.33. The van der Waals surface area contributed by atoms with Crippen LogP contribution in [0, 0.1) is 18.7 Å². The number of likely N-dealkylation sites (tertiary alicyclic amines) is 2. The number of carbonyl (C=O) groups is 1. The first-order valence-electron chi connectivity index (χ1n) is 16.2. The Balaban J connectivity index is 1.22. The maximum absolute atomic E-state index is 15.4. The minimum absolute atomic E-state index is 0.0367. The highest BCUT2D eigenvalue weighted by Gasteiger charge is 2.41. The fourth-order valence-electron chi connectivity index (χ4n) is 6.50. The molecule has 3 aromatic rings. The lowest BCUT2D eigenvalue weighted by Crippen LogP contribution is -2.45. The second kappa shape index (κ2) is 14.9. The summed E-state index contributed by atoms with van der Waals surface area (Å²) in [6.07, 6.45) is 0.185. The van der Waals surface area contributed by atoms with Gasteiger partial charge in [-0.25, -0.2) is 13.8 Å². The molecule has 0 radical (unpaired) electrons. The van der Waals surface area contributed by atoms with Gasteiger partial charge in [-0.3, -0.25) is 4.79 Å². The standard InChI is InChI=1S/C33H45F2N5O6S/c1-19(2)30(28-14-29(38-46-28)45-17-33(35)5-7-39(8-6-33)9-10-41)32(44)40-16-23(42)11-22(40)15-36-20(3)24-12-26(34)25(13-27(24)43)31-21(4)37-18-47-31/h12-14,18-20,22-23,30,36,41-43H,5-11,15-17H2,1-4H3/t20-,22?,23+,30-/m0/s1. The molecule has 4 atom stereocenters. The molecule has 2 aliphatic heterocycles. The Morgan fingerprint density at radius 3 is 2.66 bits per heavy atom. The van der Waals surface area contributed by atoms with Crippen LogP contribution in [0.2, 0.25) is 0 Å². The highest BCUT2D eigenvalue weighted by atomic mass is 32.1. The van der Waals surface area contributed by atoms with Crippen LogP contribution in [0.5, 0.6) is 11.6 Å². The van der Waals surface area contributed by atoms with E-state index in [9.17, 15) is 15.0 Å². The van der Waals surface area contributed by atoms with Crippen molar-refractivity contribution >= 4 is 17.2 Å². The van der Waals surface area contributed by atoms with Crippen LogP contribution in [-0.2, 0) is 4.79 Å². The van der Waals surface area contributed by atoms with Gasteiger partial charge in [0.2, 0.25) is 5.91 Å². The molecule has 0 saturated carbocycles. The van der Waals surface area contributed by atoms with E-state index in [4.69, 9.17) is 14.4 Å². The molecule has 0 spiro atoms. The van der Waals surface area contributed by atoms with Crippen LogP contribution in [0.1, 0.15) is 69.0 Å². The number of thiazole rings is 1. The summed E-state index contributed by atoms with van der Waals surface area (Å²) in [7, 11) is 0. The smallest absolute Gasteiger partial charge is 0.254 e. The lowest BCUT2D eigenvalue weighted by Gasteiger charge is -2.35. The average molecular weight is 678 g/mol. The highest BCUT2D eigenvalue weighted by Crippen LogP contribution is 2.37. The Morgan fingerprint density at radius 2 is 2.00 bits per heavy atom. The number of phenols is 1. The van der Waals surface area contributed by atoms with E-state index in [-0.39, 0.29) is 62.1 Å². The van der Waals surface area contributed by atoms with Crippen LogP contribution >= 0.6 is 11.3 Å². The maximum atomic E-state index is 15.4. The molecule has 0 bridgehead atoms. The number of aliphatic hydroxyl groups excluding tert-OH is 2. The van der Waals surface area contributed by atoms with Gasteiger partial charge in [-0.1, -0.05) is 13.8 Å². The van der Waals surface area contributed by atoms with Crippen molar-refractivity contribution in [2.75, 3.05) is 45.9 Å². The van der Waals surface area contributed by atoms with Crippen molar-refractivity contribution in [1.82, 2.24) is 25.3 Å². The molecule has 14 heteroatoms. The third kappa shape index (κ3) is 8.11. The normalized spacial score (nSPS) is 21.3. The number of phenolic OH excluding ortho intramolecular Hbond substituents is 1. The minimum Gasteiger partial charge on any atom is -0.508 e. The van der Waals surface area contributed by atoms with Gasteiger partial charge in [0.25, 0.3) is 5.88 Å². The van der Waals surface area contributed by atoms with Crippen molar-refractivity contribution in [1.29, 1.82) is 0 Å². The molecule has 1 amide bonds. The first kappa shape index (κ1) is 35.1. The summed E-state index contributed by atoms with van der Waals surface area (Å²) >= 11 is 1.30. The van der Waals surface area contributed by atoms with Crippen molar-refractivity contribution < 1.29 is 38.2 Å². The second-order valence-electron chi connectivity index (χ2n) is 13.1. The second-order valence-corrected chi connectivity index (χ2v) is 14.0. The molecule has 4 heterocycles. The Hall–Kier alpha value is -3.17. The summed E-state index contributed by atoms with van der Waals surface area (Å²) in [5.41, 5.74) is 1.47. The topological polar surface area (TPSA) is 144 Å². The van der Waals surface area contributed by atoms with Gasteiger partial charge in [-0.05, 0) is 56.3 Å². The van der Waals surface area contributed by atoms with E-state index in [0.717, 1.165) is 0 Å². The number of ether oxygens (including phenoxy) is 1. The summed E-state index contributed by atoms with van der Waals surface area (Å²) < 4.78 is 41.7. The van der Waals surface area contributed by atoms with E-state index in [0.29, 0.717) is 60.1 Å². The summed E-state index contributed by atoms with van der Waals surface area (Å²) in [5, 5.41) is 37.7. The van der Waals surface area contributed by atoms with Crippen molar-refractivity contribution in [3.63, 3.8) is 0 Å². The number of piperidine rings is 1. The quantitative estimate of drug-likeness (QED) is 0.208. The SMILES string of the molecule is Cc1ncsc1-c1cc(O)c([C@H](C)NCC2C[C@@H](O)CN2C(=O)[C@H](c2cc(OCC3(F)CCN(CCO)CC3)no2)C(C)C)cc1F. The largest absolute Gasteiger partial charge is 0.508 e. The average Bonchev–Trinajstić information content (AvgIpc) is 3.77. The molecule has 258 valence electrons. The molecule has 4 N–H and O–H groups in total. The maximum Gasteiger partial charge on any atom is 0.254 e. The number of aryl methyl sites for hydroxylation is 1. The van der Waals surface area contributed by atoms with E-state index < -0.39 is 29.5 Å². The van der Waals surface area contributed by atoms with Crippen molar-refractivity contribution in [2.24, 2.45) is 5.92 Å². The number of alkyl halides is 1.